The third kappa shape index (κ3) is 5.41. The summed E-state index contributed by atoms with van der Waals surface area (Å²) in [5, 5.41) is 5.46. The van der Waals surface area contributed by atoms with Crippen molar-refractivity contribution in [2.75, 3.05) is 10.6 Å². The van der Waals surface area contributed by atoms with Crippen LogP contribution < -0.4 is 10.6 Å². The first-order valence-electron chi connectivity index (χ1n) is 8.24. The molecule has 0 atom stereocenters. The van der Waals surface area contributed by atoms with E-state index in [0.717, 1.165) is 11.1 Å². The standard InChI is InChI=1S/C21H22N2O3/c1-13-9-14(2)11-19(10-13)23-21(26)15(3)12-20(25)22-18-7-5-17(6-8-18)16(4)24/h5-12H,1-4H3,(H,22,25)(H,23,26)/b15-12-. The number of benzene rings is 2. The lowest BCUT2D eigenvalue weighted by Crippen LogP contribution is -2.16. The zero-order valence-electron chi connectivity index (χ0n) is 15.3. The van der Waals surface area contributed by atoms with E-state index in [9.17, 15) is 14.4 Å². The van der Waals surface area contributed by atoms with Crippen LogP contribution in [0.5, 0.6) is 0 Å². The summed E-state index contributed by atoms with van der Waals surface area (Å²) in [5.41, 5.74) is 4.21. The van der Waals surface area contributed by atoms with Crippen molar-refractivity contribution in [2.45, 2.75) is 27.7 Å². The predicted octanol–water partition coefficient (Wildman–Crippen LogP) is 4.03. The zero-order valence-corrected chi connectivity index (χ0v) is 15.3. The lowest BCUT2D eigenvalue weighted by atomic mass is 10.1. The van der Waals surface area contributed by atoms with Gasteiger partial charge in [0, 0.05) is 28.6 Å². The number of nitrogens with one attached hydrogen (secondary N) is 2. The number of carbonyl (C=O) groups excluding carboxylic acids is 3. The SMILES string of the molecule is CC(=O)c1ccc(NC(=O)/C=C(/C)C(=O)Nc2cc(C)cc(C)c2)cc1. The molecule has 26 heavy (non-hydrogen) atoms. The molecule has 0 aliphatic heterocycles. The lowest BCUT2D eigenvalue weighted by molar-refractivity contribution is -0.114. The van der Waals surface area contributed by atoms with Gasteiger partial charge >= 0.3 is 0 Å². The van der Waals surface area contributed by atoms with Crippen LogP contribution in [0.25, 0.3) is 0 Å². The summed E-state index contributed by atoms with van der Waals surface area (Å²) in [7, 11) is 0. The van der Waals surface area contributed by atoms with E-state index in [-0.39, 0.29) is 11.7 Å². The molecule has 0 saturated carbocycles. The molecule has 2 N–H and O–H groups in total. The van der Waals surface area contributed by atoms with Crippen molar-refractivity contribution in [3.8, 4) is 0 Å². The van der Waals surface area contributed by atoms with Crippen LogP contribution in [0.2, 0.25) is 0 Å². The number of aryl methyl sites for hydroxylation is 2. The first kappa shape index (κ1) is 19.1. The van der Waals surface area contributed by atoms with Gasteiger partial charge in [-0.05, 0) is 75.2 Å². The molecule has 0 aliphatic rings. The van der Waals surface area contributed by atoms with Crippen LogP contribution in [0, 0.1) is 13.8 Å². The number of rotatable bonds is 5. The van der Waals surface area contributed by atoms with E-state index in [1.165, 1.54) is 13.0 Å². The van der Waals surface area contributed by atoms with Crippen molar-refractivity contribution >= 4 is 29.0 Å². The second-order valence-electron chi connectivity index (χ2n) is 6.28. The Bertz CT molecular complexity index is 860. The van der Waals surface area contributed by atoms with Crippen molar-refractivity contribution in [1.82, 2.24) is 0 Å². The van der Waals surface area contributed by atoms with Crippen LogP contribution in [0.4, 0.5) is 11.4 Å². The minimum Gasteiger partial charge on any atom is -0.323 e. The quantitative estimate of drug-likeness (QED) is 0.631. The summed E-state index contributed by atoms with van der Waals surface area (Å²) in [6.07, 6.45) is 1.25. The van der Waals surface area contributed by atoms with Crippen LogP contribution in [0.15, 0.2) is 54.1 Å². The van der Waals surface area contributed by atoms with Gasteiger partial charge < -0.3 is 10.6 Å². The molecule has 134 valence electrons. The maximum Gasteiger partial charge on any atom is 0.251 e. The fourth-order valence-electron chi connectivity index (χ4n) is 2.51. The van der Waals surface area contributed by atoms with Crippen molar-refractivity contribution < 1.29 is 14.4 Å². The summed E-state index contributed by atoms with van der Waals surface area (Å²) in [6.45, 7) is 6.97. The van der Waals surface area contributed by atoms with Gasteiger partial charge in [0.2, 0.25) is 5.91 Å². The molecule has 0 spiro atoms. The molecule has 2 aromatic carbocycles. The Hall–Kier alpha value is -3.21. The monoisotopic (exact) mass is 350 g/mol. The van der Waals surface area contributed by atoms with E-state index < -0.39 is 5.91 Å². The zero-order chi connectivity index (χ0) is 19.3. The second-order valence-corrected chi connectivity index (χ2v) is 6.28. The molecule has 0 heterocycles. The van der Waals surface area contributed by atoms with Gasteiger partial charge in [0.15, 0.2) is 5.78 Å². The molecule has 0 radical (unpaired) electrons. The van der Waals surface area contributed by atoms with E-state index in [1.54, 1.807) is 31.2 Å². The van der Waals surface area contributed by atoms with Crippen LogP contribution >= 0.6 is 0 Å². The Morgan fingerprint density at radius 2 is 1.38 bits per heavy atom. The number of ketones is 1. The molecule has 0 unspecified atom stereocenters. The highest BCUT2D eigenvalue weighted by Crippen LogP contribution is 2.15. The van der Waals surface area contributed by atoms with Crippen molar-refractivity contribution in [2.24, 2.45) is 0 Å². The number of carbonyl (C=O) groups is 3. The highest BCUT2D eigenvalue weighted by Gasteiger charge is 2.08. The molecule has 0 aromatic heterocycles. The average Bonchev–Trinajstić information content (AvgIpc) is 2.54. The lowest BCUT2D eigenvalue weighted by Gasteiger charge is -2.08. The van der Waals surface area contributed by atoms with Crippen LogP contribution in [-0.2, 0) is 9.59 Å². The normalized spacial score (nSPS) is 11.0. The highest BCUT2D eigenvalue weighted by molar-refractivity contribution is 6.10. The molecule has 0 aliphatic carbocycles. The number of Topliss-reactive ketones (excluding diaryl/α,β-unsaturated/α-hetero) is 1. The molecule has 2 amide bonds. The van der Waals surface area contributed by atoms with E-state index in [2.05, 4.69) is 10.6 Å². The van der Waals surface area contributed by atoms with E-state index in [0.29, 0.717) is 22.5 Å². The van der Waals surface area contributed by atoms with Crippen molar-refractivity contribution in [1.29, 1.82) is 0 Å². The smallest absolute Gasteiger partial charge is 0.251 e. The Morgan fingerprint density at radius 3 is 1.92 bits per heavy atom. The third-order valence-corrected chi connectivity index (χ3v) is 3.74. The summed E-state index contributed by atoms with van der Waals surface area (Å²) in [4.78, 5) is 35.6. The number of amides is 2. The summed E-state index contributed by atoms with van der Waals surface area (Å²) < 4.78 is 0. The molecule has 0 bridgehead atoms. The minimum absolute atomic E-state index is 0.0401. The van der Waals surface area contributed by atoms with Crippen LogP contribution in [-0.4, -0.2) is 17.6 Å². The van der Waals surface area contributed by atoms with Crippen LogP contribution in [0.3, 0.4) is 0 Å². The van der Waals surface area contributed by atoms with Gasteiger partial charge in [0.1, 0.15) is 0 Å². The molecule has 0 fully saturated rings. The van der Waals surface area contributed by atoms with Gasteiger partial charge in [-0.15, -0.1) is 0 Å². The molecular weight excluding hydrogens is 328 g/mol. The van der Waals surface area contributed by atoms with Gasteiger partial charge in [0.25, 0.3) is 5.91 Å². The largest absolute Gasteiger partial charge is 0.323 e. The molecule has 2 rings (SSSR count). The number of hydrogen-bond donors (Lipinski definition) is 2. The topological polar surface area (TPSA) is 75.3 Å². The van der Waals surface area contributed by atoms with Crippen LogP contribution in [0.1, 0.15) is 35.3 Å². The van der Waals surface area contributed by atoms with Crippen molar-refractivity contribution in [3.05, 3.63) is 70.8 Å². The molecule has 5 nitrogen and oxygen atoms in total. The van der Waals surface area contributed by atoms with E-state index in [1.807, 2.05) is 32.0 Å². The Morgan fingerprint density at radius 1 is 0.808 bits per heavy atom. The minimum atomic E-state index is -0.409. The summed E-state index contributed by atoms with van der Waals surface area (Å²) in [5.74, 6) is -0.785. The summed E-state index contributed by atoms with van der Waals surface area (Å²) >= 11 is 0. The fraction of sp³-hybridized carbons (Fsp3) is 0.190. The highest BCUT2D eigenvalue weighted by atomic mass is 16.2. The average molecular weight is 350 g/mol. The van der Waals surface area contributed by atoms with Gasteiger partial charge in [-0.2, -0.15) is 0 Å². The Labute approximate surface area is 153 Å². The maximum atomic E-state index is 12.2. The van der Waals surface area contributed by atoms with Gasteiger partial charge in [-0.25, -0.2) is 0 Å². The first-order chi connectivity index (χ1) is 12.2. The molecular formula is C21H22N2O3. The van der Waals surface area contributed by atoms with E-state index in [4.69, 9.17) is 0 Å². The predicted molar refractivity (Wildman–Crippen MR) is 103 cm³/mol. The number of hydrogen-bond acceptors (Lipinski definition) is 3. The van der Waals surface area contributed by atoms with Gasteiger partial charge in [-0.1, -0.05) is 6.07 Å². The van der Waals surface area contributed by atoms with Gasteiger partial charge in [0.05, 0.1) is 0 Å². The third-order valence-electron chi connectivity index (χ3n) is 3.74. The Kier molecular flexibility index (Phi) is 6.07. The molecule has 0 saturated heterocycles. The summed E-state index contributed by atoms with van der Waals surface area (Å²) in [6, 6.07) is 12.3. The number of anilines is 2. The second kappa shape index (κ2) is 8.25. The maximum absolute atomic E-state index is 12.2. The Balaban J connectivity index is 2.01. The van der Waals surface area contributed by atoms with Gasteiger partial charge in [-0.3, -0.25) is 14.4 Å². The van der Waals surface area contributed by atoms with E-state index >= 15 is 0 Å². The molecule has 2 aromatic rings. The first-order valence-corrected chi connectivity index (χ1v) is 8.24. The molecule has 5 heteroatoms. The fourth-order valence-corrected chi connectivity index (χ4v) is 2.51. The van der Waals surface area contributed by atoms with Crippen molar-refractivity contribution in [3.63, 3.8) is 0 Å².